The third-order valence-corrected chi connectivity index (χ3v) is 4.74. The molecule has 0 atom stereocenters. The number of nitrogens with zero attached hydrogens (tertiary/aromatic N) is 2. The molecule has 2 aromatic rings. The first-order chi connectivity index (χ1) is 14.4. The number of benzene rings is 1. The number of methoxy groups -OCH3 is 1. The van der Waals surface area contributed by atoms with E-state index in [2.05, 4.69) is 25.7 Å². The molecule has 0 aliphatic carbocycles. The van der Waals surface area contributed by atoms with Gasteiger partial charge in [0.1, 0.15) is 11.4 Å². The molecular weight excluding hydrogens is 392 g/mol. The maximum atomic E-state index is 11.8. The van der Waals surface area contributed by atoms with Gasteiger partial charge in [-0.15, -0.1) is 0 Å². The number of hydrogen-bond donors (Lipinski definition) is 4. The number of aromatic nitrogens is 1. The Morgan fingerprint density at radius 3 is 2.63 bits per heavy atom. The maximum Gasteiger partial charge on any atom is 0.344 e. The van der Waals surface area contributed by atoms with E-state index >= 15 is 0 Å². The van der Waals surface area contributed by atoms with E-state index in [1.54, 1.807) is 6.07 Å². The largest absolute Gasteiger partial charge is 0.465 e. The van der Waals surface area contributed by atoms with Gasteiger partial charge >= 0.3 is 5.97 Å². The van der Waals surface area contributed by atoms with Crippen LogP contribution in [0.4, 0.5) is 22.9 Å². The highest BCUT2D eigenvalue weighted by atomic mass is 16.6. The maximum absolute atomic E-state index is 11.8. The molecule has 0 bridgehead atoms. The molecule has 11 heteroatoms. The topological polar surface area (TPSA) is 162 Å². The zero-order valence-corrected chi connectivity index (χ0v) is 16.3. The van der Waals surface area contributed by atoms with Gasteiger partial charge < -0.3 is 26.4 Å². The number of carbonyl (C=O) groups excluding carboxylic acids is 2. The summed E-state index contributed by atoms with van der Waals surface area (Å²) in [6, 6.07) is 5.83. The van der Waals surface area contributed by atoms with Gasteiger partial charge in [0.25, 0.3) is 11.6 Å². The second-order valence-electron chi connectivity index (χ2n) is 6.75. The van der Waals surface area contributed by atoms with E-state index in [9.17, 15) is 19.7 Å². The Morgan fingerprint density at radius 1 is 1.27 bits per heavy atom. The normalized spacial score (nSPS) is 14.0. The van der Waals surface area contributed by atoms with Gasteiger partial charge in [-0.1, -0.05) is 0 Å². The van der Waals surface area contributed by atoms with Crippen LogP contribution in [0.1, 0.15) is 33.6 Å². The molecule has 0 radical (unpaired) electrons. The zero-order valence-electron chi connectivity index (χ0n) is 16.3. The molecule has 0 saturated carbocycles. The smallest absolute Gasteiger partial charge is 0.344 e. The van der Waals surface area contributed by atoms with Crippen LogP contribution in [0.25, 0.3) is 0 Å². The molecule has 1 saturated heterocycles. The minimum absolute atomic E-state index is 0.154. The monoisotopic (exact) mass is 414 g/mol. The number of amides is 1. The summed E-state index contributed by atoms with van der Waals surface area (Å²) >= 11 is 0. The third-order valence-electron chi connectivity index (χ3n) is 4.74. The highest BCUT2D eigenvalue weighted by Gasteiger charge is 2.22. The Morgan fingerprint density at radius 2 is 2.00 bits per heavy atom. The first-order valence-corrected chi connectivity index (χ1v) is 9.30. The molecule has 1 amide bonds. The summed E-state index contributed by atoms with van der Waals surface area (Å²) in [6.07, 6.45) is 3.14. The van der Waals surface area contributed by atoms with E-state index in [4.69, 9.17) is 5.73 Å². The molecular formula is C19H22N6O5. The van der Waals surface area contributed by atoms with Crippen LogP contribution in [0.5, 0.6) is 0 Å². The van der Waals surface area contributed by atoms with Crippen molar-refractivity contribution in [3.63, 3.8) is 0 Å². The summed E-state index contributed by atoms with van der Waals surface area (Å²) in [5.74, 6) is -1.05. The number of ether oxygens (including phenoxy) is 1. The zero-order chi connectivity index (χ0) is 21.7. The van der Waals surface area contributed by atoms with Crippen LogP contribution in [-0.4, -0.2) is 48.0 Å². The molecule has 1 aliphatic heterocycles. The van der Waals surface area contributed by atoms with E-state index in [1.165, 1.54) is 24.4 Å². The van der Waals surface area contributed by atoms with Crippen molar-refractivity contribution in [1.29, 1.82) is 0 Å². The standard InChI is InChI=1S/C19H22N6O5/c1-30-19(27)13-3-2-12(8-16(13)25(28)29)24-17-9-15(14(10-22-17)18(20)26)23-11-4-6-21-7-5-11/h2-3,8-11,21H,4-7H2,1H3,(H2,20,26)(H2,22,23,24). The minimum atomic E-state index is -0.800. The van der Waals surface area contributed by atoms with Gasteiger partial charge in [0, 0.05) is 30.1 Å². The first kappa shape index (κ1) is 21.0. The van der Waals surface area contributed by atoms with Crippen molar-refractivity contribution < 1.29 is 19.2 Å². The average Bonchev–Trinajstić information content (AvgIpc) is 2.74. The number of primary amides is 1. The number of anilines is 3. The van der Waals surface area contributed by atoms with Crippen molar-refractivity contribution in [2.45, 2.75) is 18.9 Å². The number of esters is 1. The number of pyridine rings is 1. The lowest BCUT2D eigenvalue weighted by Gasteiger charge is -2.25. The van der Waals surface area contributed by atoms with Gasteiger partial charge in [0.05, 0.1) is 23.3 Å². The average molecular weight is 414 g/mol. The predicted molar refractivity (Wildman–Crippen MR) is 110 cm³/mol. The highest BCUT2D eigenvalue weighted by molar-refractivity contribution is 5.99. The number of carbonyl (C=O) groups is 2. The van der Waals surface area contributed by atoms with E-state index in [0.717, 1.165) is 33.0 Å². The van der Waals surface area contributed by atoms with Crippen LogP contribution < -0.4 is 21.7 Å². The summed E-state index contributed by atoms with van der Waals surface area (Å²) in [7, 11) is 1.15. The fourth-order valence-electron chi connectivity index (χ4n) is 3.22. The summed E-state index contributed by atoms with van der Waals surface area (Å²) in [5.41, 5.74) is 6.05. The van der Waals surface area contributed by atoms with Gasteiger partial charge in [-0.25, -0.2) is 9.78 Å². The summed E-state index contributed by atoms with van der Waals surface area (Å²) in [5, 5.41) is 20.9. The Kier molecular flexibility index (Phi) is 6.42. The van der Waals surface area contributed by atoms with Crippen LogP contribution in [0.3, 0.4) is 0 Å². The summed E-state index contributed by atoms with van der Waals surface area (Å²) in [4.78, 5) is 38.3. The first-order valence-electron chi connectivity index (χ1n) is 9.30. The predicted octanol–water partition coefficient (Wildman–Crippen LogP) is 1.78. The Balaban J connectivity index is 1.88. The molecule has 1 aromatic heterocycles. The van der Waals surface area contributed by atoms with Crippen molar-refractivity contribution in [3.8, 4) is 0 Å². The summed E-state index contributed by atoms with van der Waals surface area (Å²) < 4.78 is 4.58. The number of nitro groups is 1. The lowest BCUT2D eigenvalue weighted by Crippen LogP contribution is -2.35. The Labute approximate surface area is 172 Å². The Bertz CT molecular complexity index is 974. The van der Waals surface area contributed by atoms with Crippen molar-refractivity contribution in [3.05, 3.63) is 51.7 Å². The summed E-state index contributed by atoms with van der Waals surface area (Å²) in [6.45, 7) is 1.74. The number of hydrogen-bond acceptors (Lipinski definition) is 9. The van der Waals surface area contributed by atoms with Gasteiger partial charge in [0.2, 0.25) is 0 Å². The van der Waals surface area contributed by atoms with E-state index in [0.29, 0.717) is 17.2 Å². The third kappa shape index (κ3) is 4.81. The van der Waals surface area contributed by atoms with Crippen molar-refractivity contribution in [2.75, 3.05) is 30.8 Å². The molecule has 11 nitrogen and oxygen atoms in total. The van der Waals surface area contributed by atoms with Crippen molar-refractivity contribution in [1.82, 2.24) is 10.3 Å². The minimum Gasteiger partial charge on any atom is -0.465 e. The van der Waals surface area contributed by atoms with Crippen molar-refractivity contribution >= 4 is 34.8 Å². The van der Waals surface area contributed by atoms with E-state index < -0.39 is 22.5 Å². The Hall–Kier alpha value is -3.73. The molecule has 158 valence electrons. The molecule has 1 fully saturated rings. The van der Waals surface area contributed by atoms with Gasteiger partial charge in [-0.3, -0.25) is 14.9 Å². The fourth-order valence-corrected chi connectivity index (χ4v) is 3.22. The van der Waals surface area contributed by atoms with E-state index in [1.807, 2.05) is 0 Å². The molecule has 0 spiro atoms. The second-order valence-corrected chi connectivity index (χ2v) is 6.75. The number of piperidine rings is 1. The van der Waals surface area contributed by atoms with Gasteiger partial charge in [-0.2, -0.15) is 0 Å². The molecule has 2 heterocycles. The van der Waals surface area contributed by atoms with Crippen LogP contribution >= 0.6 is 0 Å². The number of rotatable bonds is 7. The quantitative estimate of drug-likeness (QED) is 0.300. The fraction of sp³-hybridized carbons (Fsp3) is 0.316. The van der Waals surface area contributed by atoms with Crippen LogP contribution in [0.15, 0.2) is 30.5 Å². The molecule has 1 aliphatic rings. The van der Waals surface area contributed by atoms with Crippen LogP contribution in [-0.2, 0) is 4.74 Å². The molecule has 0 unspecified atom stereocenters. The van der Waals surface area contributed by atoms with Crippen LogP contribution in [0, 0.1) is 10.1 Å². The van der Waals surface area contributed by atoms with Crippen molar-refractivity contribution in [2.24, 2.45) is 5.73 Å². The molecule has 3 rings (SSSR count). The lowest BCUT2D eigenvalue weighted by molar-refractivity contribution is -0.385. The highest BCUT2D eigenvalue weighted by Crippen LogP contribution is 2.28. The second kappa shape index (κ2) is 9.18. The lowest BCUT2D eigenvalue weighted by atomic mass is 10.1. The van der Waals surface area contributed by atoms with Crippen LogP contribution in [0.2, 0.25) is 0 Å². The van der Waals surface area contributed by atoms with Gasteiger partial charge in [-0.05, 0) is 38.1 Å². The molecule has 1 aromatic carbocycles. The van der Waals surface area contributed by atoms with E-state index in [-0.39, 0.29) is 17.2 Å². The van der Waals surface area contributed by atoms with Gasteiger partial charge in [0.15, 0.2) is 0 Å². The number of nitrogens with two attached hydrogens (primary N) is 1. The number of nitro benzene ring substituents is 1. The molecule has 30 heavy (non-hydrogen) atoms. The number of nitrogens with one attached hydrogen (secondary N) is 3. The molecule has 5 N–H and O–H groups in total. The SMILES string of the molecule is COC(=O)c1ccc(Nc2cc(NC3CCNCC3)c(C(N)=O)cn2)cc1[N+](=O)[O-].